The van der Waals surface area contributed by atoms with Crippen LogP contribution >= 0.6 is 20.2 Å². The SMILES string of the molecule is C/C=C(/C(=O)N1CCC2(CC1)PC(=O)c1cc(F)ccc12)c1ccc(Cl)cc1C. The summed E-state index contributed by atoms with van der Waals surface area (Å²) < 4.78 is 13.6. The molecule has 1 atom stereocenters. The first-order valence-corrected chi connectivity index (χ1v) is 11.1. The lowest BCUT2D eigenvalue weighted by atomic mass is 9.85. The van der Waals surface area contributed by atoms with E-state index >= 15 is 0 Å². The molecule has 1 unspecified atom stereocenters. The minimum absolute atomic E-state index is 0.000223. The quantitative estimate of drug-likeness (QED) is 0.464. The summed E-state index contributed by atoms with van der Waals surface area (Å²) in [4.78, 5) is 27.6. The maximum Gasteiger partial charge on any atom is 0.254 e. The second kappa shape index (κ2) is 7.66. The molecular formula is C23H22ClFNO2P. The van der Waals surface area contributed by atoms with Crippen molar-refractivity contribution in [1.29, 1.82) is 0 Å². The van der Waals surface area contributed by atoms with E-state index in [1.165, 1.54) is 12.1 Å². The summed E-state index contributed by atoms with van der Waals surface area (Å²) in [6.45, 7) is 4.98. The zero-order chi connectivity index (χ0) is 20.8. The van der Waals surface area contributed by atoms with Crippen molar-refractivity contribution >= 4 is 37.2 Å². The standard InChI is InChI=1S/C23H22ClFNO2P/c1-3-17(18-6-4-15(24)12-14(18)2)21(27)26-10-8-23(9-11-26)20-7-5-16(25)13-19(20)22(28)29-23/h3-7,12-13,29H,8-11H2,1-2H3/b17-3+. The molecule has 1 saturated heterocycles. The van der Waals surface area contributed by atoms with Gasteiger partial charge < -0.3 is 4.90 Å². The van der Waals surface area contributed by atoms with Crippen LogP contribution in [0.2, 0.25) is 5.02 Å². The summed E-state index contributed by atoms with van der Waals surface area (Å²) in [5.41, 5.74) is 4.03. The highest BCUT2D eigenvalue weighted by Crippen LogP contribution is 2.57. The highest BCUT2D eigenvalue weighted by Gasteiger charge is 2.46. The van der Waals surface area contributed by atoms with Gasteiger partial charge in [-0.25, -0.2) is 4.39 Å². The Balaban J connectivity index is 1.54. The zero-order valence-corrected chi connectivity index (χ0v) is 18.1. The maximum absolute atomic E-state index is 13.6. The molecule has 0 bridgehead atoms. The molecule has 2 aliphatic rings. The van der Waals surface area contributed by atoms with Gasteiger partial charge in [-0.15, -0.1) is 0 Å². The van der Waals surface area contributed by atoms with Gasteiger partial charge in [-0.2, -0.15) is 0 Å². The van der Waals surface area contributed by atoms with E-state index in [-0.39, 0.29) is 31.0 Å². The molecule has 2 aliphatic heterocycles. The van der Waals surface area contributed by atoms with E-state index in [1.54, 1.807) is 12.1 Å². The summed E-state index contributed by atoms with van der Waals surface area (Å²) in [7, 11) is 0.111. The second-order valence-electron chi connectivity index (χ2n) is 7.68. The number of rotatable bonds is 2. The molecule has 1 spiro atoms. The third kappa shape index (κ3) is 3.53. The number of benzene rings is 2. The van der Waals surface area contributed by atoms with Crippen molar-refractivity contribution in [1.82, 2.24) is 4.90 Å². The van der Waals surface area contributed by atoms with Crippen LogP contribution in [0.25, 0.3) is 5.57 Å². The molecule has 150 valence electrons. The number of hydrogen-bond donors (Lipinski definition) is 0. The van der Waals surface area contributed by atoms with Crippen LogP contribution < -0.4 is 0 Å². The number of fused-ring (bicyclic) bond motifs is 2. The summed E-state index contributed by atoms with van der Waals surface area (Å²) in [6, 6.07) is 10.1. The van der Waals surface area contributed by atoms with Gasteiger partial charge >= 0.3 is 0 Å². The fourth-order valence-electron chi connectivity index (χ4n) is 4.45. The van der Waals surface area contributed by atoms with Gasteiger partial charge in [-0.05, 0) is 76.2 Å². The van der Waals surface area contributed by atoms with Crippen LogP contribution in [0.1, 0.15) is 46.8 Å². The van der Waals surface area contributed by atoms with E-state index in [2.05, 4.69) is 0 Å². The van der Waals surface area contributed by atoms with E-state index in [0.29, 0.717) is 29.2 Å². The molecule has 3 nitrogen and oxygen atoms in total. The van der Waals surface area contributed by atoms with Crippen LogP contribution in [0.3, 0.4) is 0 Å². The van der Waals surface area contributed by atoms with Gasteiger partial charge in [0.15, 0.2) is 5.52 Å². The first-order chi connectivity index (χ1) is 13.8. The largest absolute Gasteiger partial charge is 0.339 e. The Morgan fingerprint density at radius 1 is 1.21 bits per heavy atom. The smallest absolute Gasteiger partial charge is 0.254 e. The normalized spacial score (nSPS) is 19.1. The lowest BCUT2D eigenvalue weighted by Gasteiger charge is -2.39. The van der Waals surface area contributed by atoms with Gasteiger partial charge in [-0.3, -0.25) is 9.59 Å². The average Bonchev–Trinajstić information content (AvgIpc) is 2.95. The van der Waals surface area contributed by atoms with E-state index in [4.69, 9.17) is 11.6 Å². The number of piperidine rings is 1. The van der Waals surface area contributed by atoms with E-state index in [9.17, 15) is 14.0 Å². The van der Waals surface area contributed by atoms with Crippen molar-refractivity contribution in [3.8, 4) is 0 Å². The molecule has 0 saturated carbocycles. The first-order valence-electron chi connectivity index (χ1n) is 9.69. The lowest BCUT2D eigenvalue weighted by molar-refractivity contribution is -0.126. The van der Waals surface area contributed by atoms with Gasteiger partial charge in [0.25, 0.3) is 5.91 Å². The highest BCUT2D eigenvalue weighted by atomic mass is 35.5. The number of carbonyl (C=O) groups is 2. The summed E-state index contributed by atoms with van der Waals surface area (Å²) in [5.74, 6) is -0.373. The summed E-state index contributed by atoms with van der Waals surface area (Å²) in [5, 5.41) is 0.402. The van der Waals surface area contributed by atoms with Crippen molar-refractivity contribution in [2.45, 2.75) is 31.8 Å². The molecular weight excluding hydrogens is 408 g/mol. The molecule has 29 heavy (non-hydrogen) atoms. The Bertz CT molecular complexity index is 1040. The van der Waals surface area contributed by atoms with Crippen LogP contribution in [0, 0.1) is 12.7 Å². The van der Waals surface area contributed by atoms with Crippen molar-refractivity contribution in [3.05, 3.63) is 75.6 Å². The third-order valence-corrected chi connectivity index (χ3v) is 7.98. The predicted molar refractivity (Wildman–Crippen MR) is 116 cm³/mol. The molecule has 1 amide bonds. The monoisotopic (exact) mass is 429 g/mol. The van der Waals surface area contributed by atoms with Crippen LogP contribution in [0.4, 0.5) is 4.39 Å². The van der Waals surface area contributed by atoms with Gasteiger partial charge in [-0.1, -0.05) is 29.8 Å². The number of carbonyl (C=O) groups excluding carboxylic acids is 2. The molecule has 4 rings (SSSR count). The Morgan fingerprint density at radius 2 is 1.93 bits per heavy atom. The average molecular weight is 430 g/mol. The van der Waals surface area contributed by atoms with Gasteiger partial charge in [0.1, 0.15) is 5.82 Å². The lowest BCUT2D eigenvalue weighted by Crippen LogP contribution is -2.43. The number of nitrogens with zero attached hydrogens (tertiary/aromatic N) is 1. The molecule has 0 N–H and O–H groups in total. The minimum atomic E-state index is -0.373. The van der Waals surface area contributed by atoms with Gasteiger partial charge in [0, 0.05) is 34.4 Å². The fourth-order valence-corrected chi connectivity index (χ4v) is 6.28. The molecule has 2 heterocycles. The Labute approximate surface area is 176 Å². The third-order valence-electron chi connectivity index (χ3n) is 6.00. The summed E-state index contributed by atoms with van der Waals surface area (Å²) >= 11 is 6.06. The first kappa shape index (κ1) is 20.3. The van der Waals surface area contributed by atoms with E-state index in [1.807, 2.05) is 37.0 Å². The zero-order valence-electron chi connectivity index (χ0n) is 16.4. The van der Waals surface area contributed by atoms with Crippen molar-refractivity contribution in [2.24, 2.45) is 0 Å². The number of halogens is 2. The number of hydrogen-bond acceptors (Lipinski definition) is 2. The molecule has 6 heteroatoms. The van der Waals surface area contributed by atoms with Gasteiger partial charge in [0.2, 0.25) is 0 Å². The predicted octanol–water partition coefficient (Wildman–Crippen LogP) is 5.54. The molecule has 0 aromatic heterocycles. The van der Waals surface area contributed by atoms with Crippen LogP contribution in [0.15, 0.2) is 42.5 Å². The Kier molecular flexibility index (Phi) is 5.35. The van der Waals surface area contributed by atoms with Crippen molar-refractivity contribution in [2.75, 3.05) is 13.1 Å². The molecule has 0 aliphatic carbocycles. The summed E-state index contributed by atoms with van der Waals surface area (Å²) in [6.07, 6.45) is 3.29. The molecule has 2 aromatic carbocycles. The Hall–Kier alpha value is -2.03. The topological polar surface area (TPSA) is 37.4 Å². The number of likely N-dealkylation sites (tertiary alicyclic amines) is 1. The van der Waals surface area contributed by atoms with Crippen LogP contribution in [-0.4, -0.2) is 29.4 Å². The van der Waals surface area contributed by atoms with Crippen molar-refractivity contribution < 1.29 is 14.0 Å². The number of aryl methyl sites for hydroxylation is 1. The van der Waals surface area contributed by atoms with Crippen LogP contribution in [-0.2, 0) is 9.95 Å². The number of amides is 1. The van der Waals surface area contributed by atoms with Crippen molar-refractivity contribution in [3.63, 3.8) is 0 Å². The Morgan fingerprint density at radius 3 is 2.59 bits per heavy atom. The van der Waals surface area contributed by atoms with Gasteiger partial charge in [0.05, 0.1) is 0 Å². The second-order valence-corrected chi connectivity index (χ2v) is 9.78. The number of allylic oxidation sites excluding steroid dienone is 1. The molecule has 1 fully saturated rings. The highest BCUT2D eigenvalue weighted by molar-refractivity contribution is 7.60. The fraction of sp³-hybridized carbons (Fsp3) is 0.304. The minimum Gasteiger partial charge on any atom is -0.339 e. The van der Waals surface area contributed by atoms with E-state index in [0.717, 1.165) is 29.5 Å². The molecule has 2 aromatic rings. The van der Waals surface area contributed by atoms with E-state index < -0.39 is 0 Å². The maximum atomic E-state index is 13.6. The molecule has 0 radical (unpaired) electrons. The van der Waals surface area contributed by atoms with Crippen LogP contribution in [0.5, 0.6) is 0 Å².